The minimum absolute atomic E-state index is 0.253. The van der Waals surface area contributed by atoms with Crippen molar-refractivity contribution in [3.8, 4) is 0 Å². The summed E-state index contributed by atoms with van der Waals surface area (Å²) in [5, 5.41) is 49.1. The molecule has 0 aliphatic rings. The first-order chi connectivity index (χ1) is 10.3. The van der Waals surface area contributed by atoms with Crippen LogP contribution < -0.4 is 5.43 Å². The van der Waals surface area contributed by atoms with Crippen LogP contribution in [-0.4, -0.2) is 73.0 Å². The van der Waals surface area contributed by atoms with Crippen molar-refractivity contribution in [3.63, 3.8) is 0 Å². The van der Waals surface area contributed by atoms with Gasteiger partial charge in [0.05, 0.1) is 6.21 Å². The number of aliphatic hydroxyl groups is 4. The van der Waals surface area contributed by atoms with Gasteiger partial charge in [-0.1, -0.05) is 0 Å². The van der Waals surface area contributed by atoms with E-state index < -0.39 is 36.3 Å². The number of aliphatic hydroxyl groups excluding tert-OH is 4. The average molecular weight is 313 g/mol. The summed E-state index contributed by atoms with van der Waals surface area (Å²) in [7, 11) is 0. The first-order valence-electron chi connectivity index (χ1n) is 6.03. The Kier molecular flexibility index (Phi) is 6.53. The molecule has 1 amide bonds. The monoisotopic (exact) mass is 313 g/mol. The van der Waals surface area contributed by atoms with Gasteiger partial charge in [0.2, 0.25) is 0 Å². The summed E-state index contributed by atoms with van der Waals surface area (Å²) in [4.78, 5) is 25.7. The van der Waals surface area contributed by atoms with E-state index in [2.05, 4.69) is 10.1 Å². The molecule has 1 aromatic heterocycles. The summed E-state index contributed by atoms with van der Waals surface area (Å²) in [6.07, 6.45) is -4.75. The van der Waals surface area contributed by atoms with Crippen LogP contribution in [0.2, 0.25) is 0 Å². The lowest BCUT2D eigenvalue weighted by Gasteiger charge is -2.22. The van der Waals surface area contributed by atoms with Gasteiger partial charge < -0.3 is 25.5 Å². The molecule has 0 bridgehead atoms. The van der Waals surface area contributed by atoms with Crippen LogP contribution in [0.1, 0.15) is 10.4 Å². The Hall–Kier alpha value is -2.40. The number of aromatic nitrogens is 1. The van der Waals surface area contributed by atoms with Gasteiger partial charge in [0.25, 0.3) is 5.91 Å². The molecule has 0 radical (unpaired) electrons. The summed E-state index contributed by atoms with van der Waals surface area (Å²) in [6.45, 7) is 0. The molecule has 1 aromatic rings. The fourth-order valence-electron chi connectivity index (χ4n) is 1.36. The number of amides is 1. The molecular formula is C12H15N3O7. The number of rotatable bonds is 7. The fourth-order valence-corrected chi connectivity index (χ4v) is 1.36. The van der Waals surface area contributed by atoms with E-state index in [4.69, 9.17) is 10.2 Å². The second kappa shape index (κ2) is 8.14. The van der Waals surface area contributed by atoms with Gasteiger partial charge in [0.15, 0.2) is 6.10 Å². The van der Waals surface area contributed by atoms with Crippen molar-refractivity contribution in [2.24, 2.45) is 5.10 Å². The Morgan fingerprint density at radius 1 is 1.14 bits per heavy atom. The van der Waals surface area contributed by atoms with Gasteiger partial charge in [-0.2, -0.15) is 5.10 Å². The normalized spacial score (nSPS) is 16.7. The molecule has 0 saturated heterocycles. The standard InChI is InChI=1S/C12H15N3O7/c16-7(8(17)9(18)10(19)12(21)22)5-14-15-11(20)6-1-3-13-4-2-6/h1-5,7-10,16-19H,(H,15,20)(H,21,22). The number of nitrogens with zero attached hydrogens (tertiary/aromatic N) is 2. The maximum Gasteiger partial charge on any atom is 0.335 e. The smallest absolute Gasteiger partial charge is 0.335 e. The molecule has 0 spiro atoms. The van der Waals surface area contributed by atoms with Gasteiger partial charge in [0.1, 0.15) is 18.3 Å². The number of carboxylic acid groups (broad SMARTS) is 1. The van der Waals surface area contributed by atoms with Gasteiger partial charge in [0, 0.05) is 18.0 Å². The van der Waals surface area contributed by atoms with Crippen molar-refractivity contribution in [2.75, 3.05) is 0 Å². The lowest BCUT2D eigenvalue weighted by molar-refractivity contribution is -0.160. The molecule has 0 aliphatic heterocycles. The van der Waals surface area contributed by atoms with E-state index in [-0.39, 0.29) is 5.56 Å². The van der Waals surface area contributed by atoms with E-state index in [0.29, 0.717) is 6.21 Å². The number of carbonyl (C=O) groups is 2. The highest BCUT2D eigenvalue weighted by Crippen LogP contribution is 2.04. The summed E-state index contributed by atoms with van der Waals surface area (Å²) in [6, 6.07) is 2.84. The first-order valence-corrected chi connectivity index (χ1v) is 6.03. The van der Waals surface area contributed by atoms with E-state index >= 15 is 0 Å². The van der Waals surface area contributed by atoms with Crippen LogP contribution in [0, 0.1) is 0 Å². The molecule has 10 heteroatoms. The Morgan fingerprint density at radius 2 is 1.73 bits per heavy atom. The van der Waals surface area contributed by atoms with Crippen LogP contribution in [0.5, 0.6) is 0 Å². The minimum atomic E-state index is -2.27. The predicted octanol–water partition coefficient (Wildman–Crippen LogP) is -2.67. The number of nitrogens with one attached hydrogen (secondary N) is 1. The third kappa shape index (κ3) is 4.86. The molecular weight excluding hydrogens is 298 g/mol. The Morgan fingerprint density at radius 3 is 2.27 bits per heavy atom. The molecule has 0 fully saturated rings. The second-order valence-corrected chi connectivity index (χ2v) is 4.21. The zero-order chi connectivity index (χ0) is 16.7. The van der Waals surface area contributed by atoms with E-state index in [0.717, 1.165) is 0 Å². The minimum Gasteiger partial charge on any atom is -0.479 e. The third-order valence-electron chi connectivity index (χ3n) is 2.61. The molecule has 120 valence electrons. The number of aliphatic carboxylic acids is 1. The molecule has 22 heavy (non-hydrogen) atoms. The molecule has 0 saturated carbocycles. The van der Waals surface area contributed by atoms with Crippen molar-refractivity contribution in [1.29, 1.82) is 0 Å². The van der Waals surface area contributed by atoms with Crippen molar-refractivity contribution in [3.05, 3.63) is 30.1 Å². The Labute approximate surface area is 124 Å². The van der Waals surface area contributed by atoms with Crippen LogP contribution in [-0.2, 0) is 4.79 Å². The van der Waals surface area contributed by atoms with Crippen molar-refractivity contribution >= 4 is 18.1 Å². The number of hydrazone groups is 1. The lowest BCUT2D eigenvalue weighted by Crippen LogP contribution is -2.48. The molecule has 1 heterocycles. The average Bonchev–Trinajstić information content (AvgIpc) is 2.53. The highest BCUT2D eigenvalue weighted by atomic mass is 16.4. The lowest BCUT2D eigenvalue weighted by atomic mass is 10.0. The van der Waals surface area contributed by atoms with E-state index in [1.54, 1.807) is 0 Å². The zero-order valence-corrected chi connectivity index (χ0v) is 11.1. The predicted molar refractivity (Wildman–Crippen MR) is 71.9 cm³/mol. The van der Waals surface area contributed by atoms with Gasteiger partial charge in [-0.3, -0.25) is 9.78 Å². The van der Waals surface area contributed by atoms with Crippen molar-refractivity contribution < 1.29 is 35.1 Å². The van der Waals surface area contributed by atoms with Crippen LogP contribution >= 0.6 is 0 Å². The van der Waals surface area contributed by atoms with Gasteiger partial charge in [-0.05, 0) is 12.1 Å². The summed E-state index contributed by atoms with van der Waals surface area (Å²) in [5.74, 6) is -2.37. The van der Waals surface area contributed by atoms with E-state index in [1.165, 1.54) is 24.5 Å². The maximum atomic E-state index is 11.6. The number of pyridine rings is 1. The molecule has 0 aliphatic carbocycles. The van der Waals surface area contributed by atoms with Gasteiger partial charge >= 0.3 is 5.97 Å². The quantitative estimate of drug-likeness (QED) is 0.233. The van der Waals surface area contributed by atoms with Crippen LogP contribution in [0.3, 0.4) is 0 Å². The highest BCUT2D eigenvalue weighted by Gasteiger charge is 2.33. The molecule has 4 unspecified atom stereocenters. The topological polar surface area (TPSA) is 173 Å². The van der Waals surface area contributed by atoms with Gasteiger partial charge in [-0.15, -0.1) is 0 Å². The van der Waals surface area contributed by atoms with Crippen LogP contribution in [0.25, 0.3) is 0 Å². The summed E-state index contributed by atoms with van der Waals surface area (Å²) < 4.78 is 0. The van der Waals surface area contributed by atoms with Crippen molar-refractivity contribution in [2.45, 2.75) is 24.4 Å². The number of carbonyl (C=O) groups excluding carboxylic acids is 1. The molecule has 10 nitrogen and oxygen atoms in total. The number of hydrogen-bond acceptors (Lipinski definition) is 8. The van der Waals surface area contributed by atoms with Crippen LogP contribution in [0.4, 0.5) is 0 Å². The number of hydrogen-bond donors (Lipinski definition) is 6. The summed E-state index contributed by atoms with van der Waals surface area (Å²) in [5.41, 5.74) is 2.30. The van der Waals surface area contributed by atoms with Crippen LogP contribution in [0.15, 0.2) is 29.6 Å². The Bertz CT molecular complexity index is 537. The molecule has 6 N–H and O–H groups in total. The SMILES string of the molecule is O=C(NN=CC(O)C(O)C(O)C(O)C(=O)O)c1ccncc1. The first kappa shape index (κ1) is 17.7. The summed E-state index contributed by atoms with van der Waals surface area (Å²) >= 11 is 0. The third-order valence-corrected chi connectivity index (χ3v) is 2.61. The largest absolute Gasteiger partial charge is 0.479 e. The molecule has 4 atom stereocenters. The number of carboxylic acids is 1. The zero-order valence-electron chi connectivity index (χ0n) is 11.1. The Balaban J connectivity index is 2.55. The second-order valence-electron chi connectivity index (χ2n) is 4.21. The maximum absolute atomic E-state index is 11.6. The van der Waals surface area contributed by atoms with E-state index in [1.807, 2.05) is 5.43 Å². The fraction of sp³-hybridized carbons (Fsp3) is 0.333. The van der Waals surface area contributed by atoms with Gasteiger partial charge in [-0.25, -0.2) is 10.2 Å². The molecule has 1 rings (SSSR count). The molecule has 0 aromatic carbocycles. The van der Waals surface area contributed by atoms with E-state index in [9.17, 15) is 24.9 Å². The highest BCUT2D eigenvalue weighted by molar-refractivity contribution is 5.94. The van der Waals surface area contributed by atoms with Crippen molar-refractivity contribution in [1.82, 2.24) is 10.4 Å².